The lowest BCUT2D eigenvalue weighted by Crippen LogP contribution is -2.42. The molecule has 6 nitrogen and oxygen atoms in total. The second-order valence-corrected chi connectivity index (χ2v) is 1.72. The average molecular weight is 159 g/mol. The van der Waals surface area contributed by atoms with E-state index < -0.39 is 5.91 Å². The summed E-state index contributed by atoms with van der Waals surface area (Å²) in [5.74, 6) is -0.779. The lowest BCUT2D eigenvalue weighted by molar-refractivity contribution is -0.126. The van der Waals surface area contributed by atoms with Crippen LogP contribution in [-0.4, -0.2) is 24.8 Å². The van der Waals surface area contributed by atoms with Crippen LogP contribution < -0.4 is 16.2 Å². The predicted octanol–water partition coefficient (Wildman–Crippen LogP) is -2.10. The molecule has 0 rings (SSSR count). The van der Waals surface area contributed by atoms with Crippen LogP contribution in [-0.2, 0) is 14.4 Å². The van der Waals surface area contributed by atoms with E-state index in [2.05, 4.69) is 5.32 Å². The van der Waals surface area contributed by atoms with Gasteiger partial charge in [-0.05, 0) is 0 Å². The molecule has 0 heterocycles. The van der Waals surface area contributed by atoms with Crippen molar-refractivity contribution in [3.05, 3.63) is 0 Å². The van der Waals surface area contributed by atoms with Gasteiger partial charge >= 0.3 is 0 Å². The van der Waals surface area contributed by atoms with Crippen LogP contribution in [0, 0.1) is 0 Å². The molecule has 0 atom stereocenters. The summed E-state index contributed by atoms with van der Waals surface area (Å²) in [6.45, 7) is 1.15. The molecule has 0 aliphatic rings. The maximum absolute atomic E-state index is 10.6. The van der Waals surface area contributed by atoms with E-state index in [1.165, 1.54) is 6.92 Å². The highest BCUT2D eigenvalue weighted by Gasteiger charge is 1.98. The first-order valence-corrected chi connectivity index (χ1v) is 2.89. The quantitative estimate of drug-likeness (QED) is 0.324. The Labute approximate surface area is 63.3 Å². The van der Waals surface area contributed by atoms with Crippen LogP contribution in [0.15, 0.2) is 0 Å². The maximum Gasteiger partial charge on any atom is 0.257 e. The Kier molecular flexibility index (Phi) is 4.46. The Hall–Kier alpha value is -1.59. The number of hydrazine groups is 1. The van der Waals surface area contributed by atoms with Gasteiger partial charge in [-0.1, -0.05) is 0 Å². The molecule has 11 heavy (non-hydrogen) atoms. The second kappa shape index (κ2) is 5.21. The summed E-state index contributed by atoms with van der Waals surface area (Å²) < 4.78 is 0. The van der Waals surface area contributed by atoms with Crippen molar-refractivity contribution in [1.29, 1.82) is 0 Å². The van der Waals surface area contributed by atoms with Crippen LogP contribution in [0.1, 0.15) is 6.92 Å². The highest BCUT2D eigenvalue weighted by Crippen LogP contribution is 1.61. The fourth-order valence-corrected chi connectivity index (χ4v) is 0.359. The fourth-order valence-electron chi connectivity index (χ4n) is 0.359. The van der Waals surface area contributed by atoms with E-state index in [1.807, 2.05) is 10.9 Å². The molecule has 0 aromatic heterocycles. The van der Waals surface area contributed by atoms with Crippen molar-refractivity contribution >= 4 is 18.2 Å². The third-order valence-electron chi connectivity index (χ3n) is 0.768. The molecular weight excluding hydrogens is 150 g/mol. The zero-order valence-electron chi connectivity index (χ0n) is 6.01. The number of amides is 3. The lowest BCUT2D eigenvalue weighted by Gasteiger charge is -2.01. The molecule has 0 fully saturated rings. The predicted molar refractivity (Wildman–Crippen MR) is 36.0 cm³/mol. The molecule has 3 amide bonds. The van der Waals surface area contributed by atoms with Crippen LogP contribution >= 0.6 is 0 Å². The molecule has 0 bridgehead atoms. The number of hydrogen-bond donors (Lipinski definition) is 3. The van der Waals surface area contributed by atoms with Crippen LogP contribution in [0.25, 0.3) is 0 Å². The van der Waals surface area contributed by atoms with E-state index in [9.17, 15) is 14.4 Å². The Bertz CT molecular complexity index is 168. The molecule has 0 unspecified atom stereocenters. The number of nitrogens with one attached hydrogen (secondary N) is 3. The van der Waals surface area contributed by atoms with Crippen LogP contribution in [0.2, 0.25) is 0 Å². The van der Waals surface area contributed by atoms with Gasteiger partial charge in [0.2, 0.25) is 12.3 Å². The first-order valence-electron chi connectivity index (χ1n) is 2.89. The summed E-state index contributed by atoms with van der Waals surface area (Å²) in [5.41, 5.74) is 3.96. The highest BCUT2D eigenvalue weighted by atomic mass is 16.2. The van der Waals surface area contributed by atoms with Gasteiger partial charge in [0.25, 0.3) is 5.91 Å². The zero-order valence-corrected chi connectivity index (χ0v) is 6.01. The minimum atomic E-state index is -0.479. The lowest BCUT2D eigenvalue weighted by atomic mass is 10.6. The zero-order chi connectivity index (χ0) is 8.69. The molecule has 0 radical (unpaired) electrons. The van der Waals surface area contributed by atoms with Gasteiger partial charge in [0.05, 0.1) is 6.54 Å². The molecule has 0 aliphatic heterocycles. The fraction of sp³-hybridized carbons (Fsp3) is 0.400. The van der Waals surface area contributed by atoms with Crippen molar-refractivity contribution in [2.24, 2.45) is 0 Å². The van der Waals surface area contributed by atoms with Crippen LogP contribution in [0.3, 0.4) is 0 Å². The van der Waals surface area contributed by atoms with Crippen molar-refractivity contribution < 1.29 is 14.4 Å². The van der Waals surface area contributed by atoms with Gasteiger partial charge < -0.3 is 5.32 Å². The molecule has 6 heteroatoms. The molecule has 3 N–H and O–H groups in total. The smallest absolute Gasteiger partial charge is 0.257 e. The number of carbonyl (C=O) groups excluding carboxylic acids is 3. The SMILES string of the molecule is CC(=O)NCC(=O)NNC=O. The number of rotatable bonds is 4. The first-order chi connectivity index (χ1) is 5.16. The van der Waals surface area contributed by atoms with E-state index in [0.29, 0.717) is 6.41 Å². The Balaban J connectivity index is 3.37. The van der Waals surface area contributed by atoms with E-state index in [0.717, 1.165) is 0 Å². The van der Waals surface area contributed by atoms with Crippen molar-refractivity contribution in [2.75, 3.05) is 6.54 Å². The summed E-state index contributed by atoms with van der Waals surface area (Å²) >= 11 is 0. The molecule has 62 valence electrons. The van der Waals surface area contributed by atoms with Gasteiger partial charge in [0, 0.05) is 6.92 Å². The summed E-state index contributed by atoms with van der Waals surface area (Å²) in [6.07, 6.45) is 0.325. The van der Waals surface area contributed by atoms with Gasteiger partial charge in [0.15, 0.2) is 0 Å². The number of carbonyl (C=O) groups is 3. The summed E-state index contributed by atoms with van der Waals surface area (Å²) in [6, 6.07) is 0. The standard InChI is InChI=1S/C5H9N3O3/c1-4(10)6-2-5(11)8-7-3-9/h3H,2H2,1H3,(H,6,10)(H,7,9)(H,8,11). The van der Waals surface area contributed by atoms with E-state index in [-0.39, 0.29) is 12.5 Å². The summed E-state index contributed by atoms with van der Waals surface area (Å²) in [7, 11) is 0. The van der Waals surface area contributed by atoms with Gasteiger partial charge in [-0.3, -0.25) is 25.2 Å². The van der Waals surface area contributed by atoms with Crippen molar-refractivity contribution in [1.82, 2.24) is 16.2 Å². The minimum absolute atomic E-state index is 0.143. The van der Waals surface area contributed by atoms with Gasteiger partial charge in [-0.2, -0.15) is 0 Å². The van der Waals surface area contributed by atoms with Gasteiger partial charge in [0.1, 0.15) is 0 Å². The monoisotopic (exact) mass is 159 g/mol. The Morgan fingerprint density at radius 2 is 2.09 bits per heavy atom. The van der Waals surface area contributed by atoms with Crippen LogP contribution in [0.5, 0.6) is 0 Å². The Morgan fingerprint density at radius 1 is 1.45 bits per heavy atom. The van der Waals surface area contributed by atoms with E-state index in [1.54, 1.807) is 0 Å². The second-order valence-electron chi connectivity index (χ2n) is 1.72. The Morgan fingerprint density at radius 3 is 2.55 bits per heavy atom. The number of hydrogen-bond acceptors (Lipinski definition) is 3. The molecule has 0 aliphatic carbocycles. The van der Waals surface area contributed by atoms with E-state index in [4.69, 9.17) is 0 Å². The molecule has 0 aromatic rings. The van der Waals surface area contributed by atoms with Crippen molar-refractivity contribution in [2.45, 2.75) is 6.92 Å². The third-order valence-corrected chi connectivity index (χ3v) is 0.768. The van der Waals surface area contributed by atoms with Crippen molar-refractivity contribution in [3.8, 4) is 0 Å². The summed E-state index contributed by atoms with van der Waals surface area (Å²) in [4.78, 5) is 30.4. The molecule has 0 saturated carbocycles. The van der Waals surface area contributed by atoms with Crippen LogP contribution in [0.4, 0.5) is 0 Å². The van der Waals surface area contributed by atoms with E-state index >= 15 is 0 Å². The first kappa shape index (κ1) is 9.41. The maximum atomic E-state index is 10.6. The highest BCUT2D eigenvalue weighted by molar-refractivity contribution is 5.83. The van der Waals surface area contributed by atoms with Gasteiger partial charge in [-0.15, -0.1) is 0 Å². The summed E-state index contributed by atoms with van der Waals surface area (Å²) in [5, 5.41) is 2.25. The normalized spacial score (nSPS) is 8.09. The van der Waals surface area contributed by atoms with Crippen molar-refractivity contribution in [3.63, 3.8) is 0 Å². The average Bonchev–Trinajstić information content (AvgIpc) is 1.97. The molecule has 0 aromatic carbocycles. The largest absolute Gasteiger partial charge is 0.347 e. The van der Waals surface area contributed by atoms with Gasteiger partial charge in [-0.25, -0.2) is 0 Å². The minimum Gasteiger partial charge on any atom is -0.347 e. The third kappa shape index (κ3) is 6.29. The molecule has 0 spiro atoms. The molecular formula is C5H9N3O3. The topological polar surface area (TPSA) is 87.3 Å². The molecule has 0 saturated heterocycles.